The van der Waals surface area contributed by atoms with Crippen LogP contribution in [0.3, 0.4) is 0 Å². The van der Waals surface area contributed by atoms with E-state index >= 15 is 0 Å². The average Bonchev–Trinajstić information content (AvgIpc) is 2.89. The van der Waals surface area contributed by atoms with E-state index in [2.05, 4.69) is 0 Å². The average molecular weight is 495 g/mol. The lowest BCUT2D eigenvalue weighted by Gasteiger charge is -2.42. The van der Waals surface area contributed by atoms with Gasteiger partial charge in [0.25, 0.3) is 0 Å². The van der Waals surface area contributed by atoms with E-state index in [1.165, 1.54) is 0 Å². The molecule has 0 amide bonds. The predicted molar refractivity (Wildman–Crippen MR) is 149 cm³/mol. The molecule has 0 radical (unpaired) electrons. The van der Waals surface area contributed by atoms with Crippen molar-refractivity contribution in [2.24, 2.45) is 0 Å². The maximum Gasteiger partial charge on any atom is 0.161 e. The normalized spacial score (nSPS) is 19.4. The van der Waals surface area contributed by atoms with Gasteiger partial charge in [0.2, 0.25) is 0 Å². The number of nitrogens with one attached hydrogen (secondary N) is 1. The molecule has 0 fully saturated rings. The molecule has 0 spiro atoms. The van der Waals surface area contributed by atoms with Crippen LogP contribution in [0.25, 0.3) is 5.76 Å². The van der Waals surface area contributed by atoms with Crippen LogP contribution in [-0.4, -0.2) is 23.0 Å². The number of Topliss-reactive ketones (excluding diaryl/α,β-unsaturated/α-hetero) is 1. The first-order chi connectivity index (χ1) is 17.4. The second-order valence-corrected chi connectivity index (χ2v) is 10.3. The van der Waals surface area contributed by atoms with Crippen LogP contribution in [0.15, 0.2) is 94.5 Å². The van der Waals surface area contributed by atoms with Crippen LogP contribution < -0.4 is 4.90 Å². The lowest BCUT2D eigenvalue weighted by Crippen LogP contribution is -2.42. The van der Waals surface area contributed by atoms with Crippen LogP contribution in [0, 0.1) is 19.3 Å². The fourth-order valence-electron chi connectivity index (χ4n) is 5.27. The first-order valence-electron chi connectivity index (χ1n) is 12.3. The third kappa shape index (κ3) is 4.18. The van der Waals surface area contributed by atoms with E-state index in [1.807, 2.05) is 97.8 Å². The molecule has 5 rings (SSSR count). The number of benzene rings is 3. The summed E-state index contributed by atoms with van der Waals surface area (Å²) in [5.74, 6) is -0.148. The molecule has 3 aromatic carbocycles. The van der Waals surface area contributed by atoms with Crippen LogP contribution >= 0.6 is 11.8 Å². The summed E-state index contributed by atoms with van der Waals surface area (Å²) in [7, 11) is 0. The second kappa shape index (κ2) is 9.82. The molecule has 182 valence electrons. The van der Waals surface area contributed by atoms with Gasteiger partial charge in [-0.2, -0.15) is 0 Å². The fourth-order valence-corrected chi connectivity index (χ4v) is 5.68. The Balaban J connectivity index is 1.82. The minimum absolute atomic E-state index is 0.0439. The molecule has 0 bridgehead atoms. The Bertz CT molecular complexity index is 1400. The third-order valence-electron chi connectivity index (χ3n) is 7.14. The van der Waals surface area contributed by atoms with Crippen molar-refractivity contribution in [3.63, 3.8) is 0 Å². The number of aliphatic hydroxyl groups is 1. The van der Waals surface area contributed by atoms with Crippen molar-refractivity contribution in [1.82, 2.24) is 0 Å². The Morgan fingerprint density at radius 1 is 0.972 bits per heavy atom. The van der Waals surface area contributed by atoms with E-state index in [9.17, 15) is 15.3 Å². The maximum absolute atomic E-state index is 13.6. The summed E-state index contributed by atoms with van der Waals surface area (Å²) in [6.07, 6.45) is 3.99. The summed E-state index contributed by atoms with van der Waals surface area (Å²) in [4.78, 5) is 16.6. The first-order valence-corrected chi connectivity index (χ1v) is 13.5. The number of nitrogens with zero attached hydrogens (tertiary/aromatic N) is 1. The number of rotatable bonds is 4. The molecular weight excluding hydrogens is 464 g/mol. The van der Waals surface area contributed by atoms with Crippen molar-refractivity contribution in [2.45, 2.75) is 43.9 Å². The SMILES string of the molecule is CSc1ccc([C@@H]2C(=C(O)c3ccc(C)cc3)C(=N)N(c3ccccc3C)C3=C2C(=O)CCC3)cc1. The number of carbonyl (C=O) groups is 1. The molecule has 0 saturated heterocycles. The molecule has 2 N–H and O–H groups in total. The number of carbonyl (C=O) groups excluding carboxylic acids is 1. The summed E-state index contributed by atoms with van der Waals surface area (Å²) >= 11 is 1.66. The topological polar surface area (TPSA) is 64.4 Å². The predicted octanol–water partition coefficient (Wildman–Crippen LogP) is 7.58. The van der Waals surface area contributed by atoms with E-state index in [0.29, 0.717) is 23.1 Å². The van der Waals surface area contributed by atoms with Gasteiger partial charge in [-0.1, -0.05) is 60.2 Å². The molecule has 0 saturated carbocycles. The smallest absolute Gasteiger partial charge is 0.161 e. The van der Waals surface area contributed by atoms with Crippen molar-refractivity contribution >= 4 is 34.8 Å². The number of aryl methyl sites for hydroxylation is 2. The van der Waals surface area contributed by atoms with Gasteiger partial charge in [0.1, 0.15) is 11.6 Å². The van der Waals surface area contributed by atoms with E-state index in [4.69, 9.17) is 0 Å². The van der Waals surface area contributed by atoms with Gasteiger partial charge in [-0.15, -0.1) is 11.8 Å². The van der Waals surface area contributed by atoms with E-state index in [0.717, 1.165) is 45.8 Å². The molecule has 0 aromatic heterocycles. The van der Waals surface area contributed by atoms with Gasteiger partial charge in [-0.25, -0.2) is 0 Å². The molecule has 36 heavy (non-hydrogen) atoms. The summed E-state index contributed by atoms with van der Waals surface area (Å²) in [6, 6.07) is 23.8. The van der Waals surface area contributed by atoms with Crippen molar-refractivity contribution < 1.29 is 9.90 Å². The number of hydrogen-bond acceptors (Lipinski definition) is 4. The number of allylic oxidation sites excluding steroid dienone is 2. The number of hydrogen-bond donors (Lipinski definition) is 2. The van der Waals surface area contributed by atoms with Crippen LogP contribution in [0.2, 0.25) is 0 Å². The summed E-state index contributed by atoms with van der Waals surface area (Å²) in [6.45, 7) is 4.02. The highest BCUT2D eigenvalue weighted by molar-refractivity contribution is 7.98. The second-order valence-electron chi connectivity index (χ2n) is 9.44. The monoisotopic (exact) mass is 494 g/mol. The fraction of sp³-hybridized carbons (Fsp3) is 0.226. The van der Waals surface area contributed by atoms with Gasteiger partial charge in [-0.3, -0.25) is 15.1 Å². The number of thioether (sulfide) groups is 1. The van der Waals surface area contributed by atoms with Crippen molar-refractivity contribution in [3.05, 3.63) is 112 Å². The largest absolute Gasteiger partial charge is 0.507 e. The third-order valence-corrected chi connectivity index (χ3v) is 7.88. The highest BCUT2D eigenvalue weighted by Gasteiger charge is 2.43. The zero-order valence-electron chi connectivity index (χ0n) is 20.8. The number of amidine groups is 1. The van der Waals surface area contributed by atoms with Crippen LogP contribution in [0.1, 0.15) is 47.4 Å². The van der Waals surface area contributed by atoms with Gasteiger partial charge in [0.15, 0.2) is 5.78 Å². The molecule has 1 aliphatic carbocycles. The van der Waals surface area contributed by atoms with Crippen molar-refractivity contribution in [3.8, 4) is 0 Å². The van der Waals surface area contributed by atoms with E-state index in [-0.39, 0.29) is 17.4 Å². The Morgan fingerprint density at radius 2 is 1.67 bits per heavy atom. The van der Waals surface area contributed by atoms with Gasteiger partial charge >= 0.3 is 0 Å². The number of anilines is 1. The molecule has 2 aliphatic rings. The van der Waals surface area contributed by atoms with Gasteiger partial charge in [-0.05, 0) is 62.3 Å². The lowest BCUT2D eigenvalue weighted by atomic mass is 9.73. The minimum Gasteiger partial charge on any atom is -0.507 e. The molecule has 4 nitrogen and oxygen atoms in total. The highest BCUT2D eigenvalue weighted by Crippen LogP contribution is 2.48. The van der Waals surface area contributed by atoms with Crippen LogP contribution in [0.5, 0.6) is 0 Å². The standard InChI is InChI=1S/C31H30N2O2S/c1-19-11-13-22(14-12-19)30(35)29-27(21-15-17-23(36-3)18-16-21)28-25(9-6-10-26(28)34)33(31(29)32)24-8-5-4-7-20(24)2/h4-5,7-8,11-18,27,32,35H,6,9-10H2,1-3H3/t27-/m0/s1. The number of aliphatic hydroxyl groups excluding tert-OH is 1. The molecule has 0 unspecified atom stereocenters. The quantitative estimate of drug-likeness (QED) is 0.290. The molecule has 1 atom stereocenters. The van der Waals surface area contributed by atoms with Crippen LogP contribution in [0.4, 0.5) is 5.69 Å². The highest BCUT2D eigenvalue weighted by atomic mass is 32.2. The Hall–Kier alpha value is -3.57. The van der Waals surface area contributed by atoms with Gasteiger partial charge in [0.05, 0.1) is 5.69 Å². The molecule has 1 aliphatic heterocycles. The van der Waals surface area contributed by atoms with E-state index in [1.54, 1.807) is 11.8 Å². The summed E-state index contributed by atoms with van der Waals surface area (Å²) in [5, 5.41) is 21.2. The molecule has 3 aromatic rings. The van der Waals surface area contributed by atoms with Crippen molar-refractivity contribution in [1.29, 1.82) is 5.41 Å². The first kappa shape index (κ1) is 24.1. The summed E-state index contributed by atoms with van der Waals surface area (Å²) < 4.78 is 0. The zero-order valence-corrected chi connectivity index (χ0v) is 21.7. The van der Waals surface area contributed by atoms with Crippen molar-refractivity contribution in [2.75, 3.05) is 11.2 Å². The Morgan fingerprint density at radius 3 is 2.33 bits per heavy atom. The lowest BCUT2D eigenvalue weighted by molar-refractivity contribution is -0.116. The Labute approximate surface area is 216 Å². The van der Waals surface area contributed by atoms with Gasteiger partial charge in [0, 0.05) is 39.6 Å². The number of para-hydroxylation sites is 1. The number of ketones is 1. The molecule has 1 heterocycles. The van der Waals surface area contributed by atoms with E-state index < -0.39 is 5.92 Å². The zero-order chi connectivity index (χ0) is 25.4. The maximum atomic E-state index is 13.6. The summed E-state index contributed by atoms with van der Waals surface area (Å²) in [5.41, 5.74) is 6.58. The minimum atomic E-state index is -0.502. The Kier molecular flexibility index (Phi) is 6.59. The van der Waals surface area contributed by atoms with Crippen LogP contribution in [-0.2, 0) is 4.79 Å². The molecule has 5 heteroatoms. The van der Waals surface area contributed by atoms with Gasteiger partial charge < -0.3 is 5.11 Å². The molecular formula is C31H30N2O2S.